The lowest BCUT2D eigenvalue weighted by Crippen LogP contribution is -2.47. The topological polar surface area (TPSA) is 15.3 Å². The highest BCUT2D eigenvalue weighted by molar-refractivity contribution is 4.81. The molecule has 0 bridgehead atoms. The minimum Gasteiger partial charge on any atom is -0.314 e. The molecule has 2 heteroatoms. The van der Waals surface area contributed by atoms with Crippen molar-refractivity contribution in [3.63, 3.8) is 0 Å². The van der Waals surface area contributed by atoms with Gasteiger partial charge in [-0.05, 0) is 52.2 Å². The fraction of sp³-hybridized carbons (Fsp3) is 1.00. The highest BCUT2D eigenvalue weighted by Crippen LogP contribution is 2.16. The van der Waals surface area contributed by atoms with Crippen molar-refractivity contribution in [1.29, 1.82) is 0 Å². The molecule has 0 spiro atoms. The van der Waals surface area contributed by atoms with Gasteiger partial charge < -0.3 is 10.2 Å². The van der Waals surface area contributed by atoms with E-state index in [4.69, 9.17) is 0 Å². The molecule has 1 aliphatic heterocycles. The van der Waals surface area contributed by atoms with Crippen LogP contribution in [0, 0.1) is 0 Å². The molecule has 2 unspecified atom stereocenters. The number of hydrogen-bond donors (Lipinski definition) is 1. The van der Waals surface area contributed by atoms with Gasteiger partial charge in [-0.15, -0.1) is 0 Å². The summed E-state index contributed by atoms with van der Waals surface area (Å²) in [5.41, 5.74) is 0. The highest BCUT2D eigenvalue weighted by Gasteiger charge is 2.22. The summed E-state index contributed by atoms with van der Waals surface area (Å²) in [5.74, 6) is 0. The molecule has 2 atom stereocenters. The van der Waals surface area contributed by atoms with Crippen molar-refractivity contribution in [2.45, 2.75) is 58.5 Å². The Morgan fingerprint density at radius 2 is 1.86 bits per heavy atom. The van der Waals surface area contributed by atoms with Crippen molar-refractivity contribution in [2.75, 3.05) is 19.6 Å². The normalized spacial score (nSPS) is 28.3. The van der Waals surface area contributed by atoms with Crippen molar-refractivity contribution in [1.82, 2.24) is 10.2 Å². The monoisotopic (exact) mass is 198 g/mol. The summed E-state index contributed by atoms with van der Waals surface area (Å²) in [4.78, 5) is 2.69. The van der Waals surface area contributed by atoms with Gasteiger partial charge in [0.05, 0.1) is 0 Å². The van der Waals surface area contributed by atoms with Crippen LogP contribution in [0.3, 0.4) is 0 Å². The molecule has 0 amide bonds. The second kappa shape index (κ2) is 6.41. The smallest absolute Gasteiger partial charge is 0.0122 e. The Morgan fingerprint density at radius 1 is 1.21 bits per heavy atom. The molecule has 1 fully saturated rings. The van der Waals surface area contributed by atoms with E-state index in [9.17, 15) is 0 Å². The first-order chi connectivity index (χ1) is 6.77. The van der Waals surface area contributed by atoms with E-state index in [-0.39, 0.29) is 0 Å². The van der Waals surface area contributed by atoms with Gasteiger partial charge in [-0.3, -0.25) is 0 Å². The molecular formula is C12H26N2. The Labute approximate surface area is 89.1 Å². The first-order valence-corrected chi connectivity index (χ1v) is 6.25. The van der Waals surface area contributed by atoms with Crippen LogP contribution in [0.25, 0.3) is 0 Å². The summed E-state index contributed by atoms with van der Waals surface area (Å²) in [6, 6.07) is 1.55. The largest absolute Gasteiger partial charge is 0.314 e. The Morgan fingerprint density at radius 3 is 2.36 bits per heavy atom. The van der Waals surface area contributed by atoms with Crippen LogP contribution in [0.2, 0.25) is 0 Å². The number of nitrogens with one attached hydrogen (secondary N) is 1. The van der Waals surface area contributed by atoms with Crippen LogP contribution in [-0.2, 0) is 0 Å². The van der Waals surface area contributed by atoms with Gasteiger partial charge in [0.2, 0.25) is 0 Å². The zero-order valence-corrected chi connectivity index (χ0v) is 10.1. The Bertz CT molecular complexity index is 139. The minimum atomic E-state index is 0.713. The number of rotatable bonds is 5. The summed E-state index contributed by atoms with van der Waals surface area (Å²) in [6.45, 7) is 10.6. The Hall–Kier alpha value is -0.0800. The van der Waals surface area contributed by atoms with Crippen molar-refractivity contribution in [3.8, 4) is 0 Å². The molecule has 14 heavy (non-hydrogen) atoms. The third-order valence-electron chi connectivity index (χ3n) is 3.13. The maximum atomic E-state index is 3.52. The summed E-state index contributed by atoms with van der Waals surface area (Å²) >= 11 is 0. The van der Waals surface area contributed by atoms with Crippen LogP contribution in [0.15, 0.2) is 0 Å². The van der Waals surface area contributed by atoms with Crippen LogP contribution in [0.4, 0.5) is 0 Å². The van der Waals surface area contributed by atoms with Crippen LogP contribution < -0.4 is 5.32 Å². The van der Waals surface area contributed by atoms with Crippen LogP contribution in [0.5, 0.6) is 0 Å². The predicted octanol–water partition coefficient (Wildman–Crippen LogP) is 2.25. The molecule has 1 heterocycles. The van der Waals surface area contributed by atoms with E-state index in [1.165, 1.54) is 45.3 Å². The standard InChI is InChI=1S/C12H26N2/c1-4-8-14(9-5-2)12-6-7-13-11(3)10-12/h11-13H,4-10H2,1-3H3. The van der Waals surface area contributed by atoms with Gasteiger partial charge >= 0.3 is 0 Å². The summed E-state index contributed by atoms with van der Waals surface area (Å²) in [7, 11) is 0. The average Bonchev–Trinajstić information content (AvgIpc) is 2.17. The van der Waals surface area contributed by atoms with Gasteiger partial charge in [0, 0.05) is 12.1 Å². The van der Waals surface area contributed by atoms with E-state index in [1.54, 1.807) is 0 Å². The quantitative estimate of drug-likeness (QED) is 0.729. The number of piperidine rings is 1. The molecule has 2 nitrogen and oxygen atoms in total. The van der Waals surface area contributed by atoms with Gasteiger partial charge in [-0.1, -0.05) is 13.8 Å². The molecule has 1 N–H and O–H groups in total. The number of hydrogen-bond acceptors (Lipinski definition) is 2. The molecule has 1 saturated heterocycles. The predicted molar refractivity (Wildman–Crippen MR) is 62.6 cm³/mol. The second-order valence-corrected chi connectivity index (χ2v) is 4.57. The fourth-order valence-electron chi connectivity index (χ4n) is 2.49. The molecule has 1 aliphatic rings. The van der Waals surface area contributed by atoms with Gasteiger partial charge in [0.15, 0.2) is 0 Å². The third kappa shape index (κ3) is 3.58. The van der Waals surface area contributed by atoms with Crippen molar-refractivity contribution < 1.29 is 0 Å². The van der Waals surface area contributed by atoms with Gasteiger partial charge in [0.25, 0.3) is 0 Å². The van der Waals surface area contributed by atoms with Crippen molar-refractivity contribution in [2.24, 2.45) is 0 Å². The maximum absolute atomic E-state index is 3.52. The lowest BCUT2D eigenvalue weighted by atomic mass is 9.98. The second-order valence-electron chi connectivity index (χ2n) is 4.57. The molecule has 0 saturated carbocycles. The molecule has 0 aromatic rings. The lowest BCUT2D eigenvalue weighted by molar-refractivity contribution is 0.147. The molecule has 1 rings (SSSR count). The first kappa shape index (κ1) is 12.0. The van der Waals surface area contributed by atoms with Crippen LogP contribution in [0.1, 0.15) is 46.5 Å². The fourth-order valence-corrected chi connectivity index (χ4v) is 2.49. The molecule has 0 aromatic heterocycles. The van der Waals surface area contributed by atoms with Crippen LogP contribution >= 0.6 is 0 Å². The van der Waals surface area contributed by atoms with Crippen molar-refractivity contribution in [3.05, 3.63) is 0 Å². The first-order valence-electron chi connectivity index (χ1n) is 6.25. The summed E-state index contributed by atoms with van der Waals surface area (Å²) in [6.07, 6.45) is 5.25. The molecule has 84 valence electrons. The molecule has 0 aliphatic carbocycles. The van der Waals surface area contributed by atoms with Gasteiger partial charge in [0.1, 0.15) is 0 Å². The van der Waals surface area contributed by atoms with E-state index in [2.05, 4.69) is 31.0 Å². The number of nitrogens with zero attached hydrogens (tertiary/aromatic N) is 1. The van der Waals surface area contributed by atoms with E-state index in [0.717, 1.165) is 6.04 Å². The molecule has 0 radical (unpaired) electrons. The zero-order chi connectivity index (χ0) is 10.4. The summed E-state index contributed by atoms with van der Waals surface area (Å²) < 4.78 is 0. The zero-order valence-electron chi connectivity index (χ0n) is 10.1. The highest BCUT2D eigenvalue weighted by atomic mass is 15.2. The average molecular weight is 198 g/mol. The lowest BCUT2D eigenvalue weighted by Gasteiger charge is -2.37. The maximum Gasteiger partial charge on any atom is 0.0122 e. The van der Waals surface area contributed by atoms with E-state index in [0.29, 0.717) is 6.04 Å². The minimum absolute atomic E-state index is 0.713. The van der Waals surface area contributed by atoms with E-state index < -0.39 is 0 Å². The third-order valence-corrected chi connectivity index (χ3v) is 3.13. The van der Waals surface area contributed by atoms with E-state index in [1.807, 2.05) is 0 Å². The SMILES string of the molecule is CCCN(CCC)C1CCNC(C)C1. The van der Waals surface area contributed by atoms with Gasteiger partial charge in [-0.25, -0.2) is 0 Å². The Balaban J connectivity index is 2.39. The van der Waals surface area contributed by atoms with Crippen molar-refractivity contribution >= 4 is 0 Å². The Kier molecular flexibility index (Phi) is 5.49. The molecular weight excluding hydrogens is 172 g/mol. The summed E-state index contributed by atoms with van der Waals surface area (Å²) in [5, 5.41) is 3.52. The van der Waals surface area contributed by atoms with Crippen LogP contribution in [-0.4, -0.2) is 36.6 Å². The van der Waals surface area contributed by atoms with E-state index >= 15 is 0 Å². The molecule has 0 aromatic carbocycles. The van der Waals surface area contributed by atoms with Gasteiger partial charge in [-0.2, -0.15) is 0 Å².